The third kappa shape index (κ3) is 3.36. The van der Waals surface area contributed by atoms with E-state index in [0.29, 0.717) is 17.2 Å². The molecule has 0 atom stereocenters. The van der Waals surface area contributed by atoms with Gasteiger partial charge in [-0.25, -0.2) is 0 Å². The molecule has 0 heterocycles. The van der Waals surface area contributed by atoms with E-state index >= 15 is 0 Å². The first-order valence-electron chi connectivity index (χ1n) is 6.17. The van der Waals surface area contributed by atoms with Crippen molar-refractivity contribution < 1.29 is 9.53 Å². The molecule has 0 radical (unpaired) electrons. The first-order chi connectivity index (χ1) is 9.10. The molecule has 98 valence electrons. The van der Waals surface area contributed by atoms with Gasteiger partial charge in [0.2, 0.25) is 0 Å². The smallest absolute Gasteiger partial charge is 0.310 e. The van der Waals surface area contributed by atoms with Gasteiger partial charge in [-0.3, -0.25) is 4.79 Å². The van der Waals surface area contributed by atoms with Crippen molar-refractivity contribution >= 4 is 17.6 Å². The fourth-order valence-corrected chi connectivity index (χ4v) is 2.00. The van der Waals surface area contributed by atoms with Crippen LogP contribution in [0.2, 0.25) is 5.02 Å². The van der Waals surface area contributed by atoms with Crippen LogP contribution in [0.1, 0.15) is 18.9 Å². The molecular formula is C16H15ClO2. The summed E-state index contributed by atoms with van der Waals surface area (Å²) in [4.78, 5) is 11.3. The lowest BCUT2D eigenvalue weighted by Gasteiger charge is -2.09. The Hall–Kier alpha value is -1.80. The van der Waals surface area contributed by atoms with Gasteiger partial charge in [0.1, 0.15) is 5.75 Å². The van der Waals surface area contributed by atoms with Crippen LogP contribution in [0, 0.1) is 6.92 Å². The maximum absolute atomic E-state index is 11.3. The SMILES string of the molecule is CCC(=O)Oc1ccc(-c2cccc(Cl)c2)cc1C. The Morgan fingerprint density at radius 2 is 1.89 bits per heavy atom. The highest BCUT2D eigenvalue weighted by Gasteiger charge is 2.07. The van der Waals surface area contributed by atoms with Crippen molar-refractivity contribution in [3.63, 3.8) is 0 Å². The lowest BCUT2D eigenvalue weighted by Crippen LogP contribution is -2.06. The molecule has 0 saturated carbocycles. The summed E-state index contributed by atoms with van der Waals surface area (Å²) in [7, 11) is 0. The molecule has 0 unspecified atom stereocenters. The Morgan fingerprint density at radius 3 is 2.53 bits per heavy atom. The van der Waals surface area contributed by atoms with Crippen LogP contribution in [0.4, 0.5) is 0 Å². The average molecular weight is 275 g/mol. The van der Waals surface area contributed by atoms with Crippen LogP contribution in [0.25, 0.3) is 11.1 Å². The Bertz CT molecular complexity index is 605. The quantitative estimate of drug-likeness (QED) is 0.602. The minimum absolute atomic E-state index is 0.224. The number of benzene rings is 2. The van der Waals surface area contributed by atoms with Gasteiger partial charge in [-0.15, -0.1) is 0 Å². The Kier molecular flexibility index (Phi) is 4.23. The standard InChI is InChI=1S/C16H15ClO2/c1-3-16(18)19-15-8-7-13(9-11(15)2)12-5-4-6-14(17)10-12/h4-10H,3H2,1-2H3. The fourth-order valence-electron chi connectivity index (χ4n) is 1.81. The second-order valence-corrected chi connectivity index (χ2v) is 4.75. The van der Waals surface area contributed by atoms with Crippen molar-refractivity contribution in [1.29, 1.82) is 0 Å². The van der Waals surface area contributed by atoms with E-state index < -0.39 is 0 Å². The molecule has 2 aromatic carbocycles. The highest BCUT2D eigenvalue weighted by molar-refractivity contribution is 6.30. The van der Waals surface area contributed by atoms with E-state index in [2.05, 4.69) is 0 Å². The number of carbonyl (C=O) groups is 1. The van der Waals surface area contributed by atoms with E-state index in [1.807, 2.05) is 49.4 Å². The van der Waals surface area contributed by atoms with Crippen molar-refractivity contribution in [2.45, 2.75) is 20.3 Å². The number of aryl methyl sites for hydroxylation is 1. The monoisotopic (exact) mass is 274 g/mol. The third-order valence-electron chi connectivity index (χ3n) is 2.85. The lowest BCUT2D eigenvalue weighted by molar-refractivity contribution is -0.134. The maximum Gasteiger partial charge on any atom is 0.310 e. The van der Waals surface area contributed by atoms with Gasteiger partial charge in [0, 0.05) is 11.4 Å². The first kappa shape index (κ1) is 13.6. The van der Waals surface area contributed by atoms with Crippen LogP contribution in [0.5, 0.6) is 5.75 Å². The third-order valence-corrected chi connectivity index (χ3v) is 3.08. The van der Waals surface area contributed by atoms with E-state index in [0.717, 1.165) is 16.7 Å². The summed E-state index contributed by atoms with van der Waals surface area (Å²) in [6.07, 6.45) is 0.371. The number of hydrogen-bond acceptors (Lipinski definition) is 2. The number of ether oxygens (including phenoxy) is 1. The minimum atomic E-state index is -0.224. The largest absolute Gasteiger partial charge is 0.426 e. The van der Waals surface area contributed by atoms with Gasteiger partial charge in [0.05, 0.1) is 0 Å². The summed E-state index contributed by atoms with van der Waals surface area (Å²) in [6.45, 7) is 3.70. The number of carbonyl (C=O) groups excluding carboxylic acids is 1. The fraction of sp³-hybridized carbons (Fsp3) is 0.188. The Labute approximate surface area is 118 Å². The molecule has 0 spiro atoms. The second kappa shape index (κ2) is 5.89. The van der Waals surface area contributed by atoms with Crippen LogP contribution in [0.3, 0.4) is 0 Å². The molecule has 0 fully saturated rings. The topological polar surface area (TPSA) is 26.3 Å². The summed E-state index contributed by atoms with van der Waals surface area (Å²) in [5.41, 5.74) is 3.03. The molecule has 2 nitrogen and oxygen atoms in total. The van der Waals surface area contributed by atoms with Crippen molar-refractivity contribution in [3.8, 4) is 16.9 Å². The van der Waals surface area contributed by atoms with Gasteiger partial charge in [-0.2, -0.15) is 0 Å². The van der Waals surface area contributed by atoms with E-state index in [1.165, 1.54) is 0 Å². The van der Waals surface area contributed by atoms with Crippen molar-refractivity contribution in [2.75, 3.05) is 0 Å². The summed E-state index contributed by atoms with van der Waals surface area (Å²) in [6, 6.07) is 13.4. The van der Waals surface area contributed by atoms with E-state index in [4.69, 9.17) is 16.3 Å². The Balaban J connectivity index is 2.31. The molecule has 0 aliphatic carbocycles. The highest BCUT2D eigenvalue weighted by Crippen LogP contribution is 2.27. The number of hydrogen-bond donors (Lipinski definition) is 0. The zero-order valence-electron chi connectivity index (χ0n) is 10.9. The number of rotatable bonds is 3. The van der Waals surface area contributed by atoms with Crippen LogP contribution in [0.15, 0.2) is 42.5 Å². The molecule has 0 amide bonds. The molecule has 2 aromatic rings. The molecule has 19 heavy (non-hydrogen) atoms. The molecule has 3 heteroatoms. The molecule has 2 rings (SSSR count). The van der Waals surface area contributed by atoms with Gasteiger partial charge in [-0.05, 0) is 47.9 Å². The van der Waals surface area contributed by atoms with Gasteiger partial charge >= 0.3 is 5.97 Å². The highest BCUT2D eigenvalue weighted by atomic mass is 35.5. The summed E-state index contributed by atoms with van der Waals surface area (Å²) >= 11 is 5.98. The molecule has 0 N–H and O–H groups in total. The zero-order chi connectivity index (χ0) is 13.8. The van der Waals surface area contributed by atoms with Crippen molar-refractivity contribution in [2.24, 2.45) is 0 Å². The van der Waals surface area contributed by atoms with Crippen LogP contribution >= 0.6 is 11.6 Å². The molecule has 0 aliphatic rings. The van der Waals surface area contributed by atoms with E-state index in [1.54, 1.807) is 6.92 Å². The van der Waals surface area contributed by atoms with E-state index in [9.17, 15) is 4.79 Å². The maximum atomic E-state index is 11.3. The van der Waals surface area contributed by atoms with Gasteiger partial charge < -0.3 is 4.74 Å². The van der Waals surface area contributed by atoms with Crippen molar-refractivity contribution in [1.82, 2.24) is 0 Å². The molecule has 0 aromatic heterocycles. The molecular weight excluding hydrogens is 260 g/mol. The molecule has 0 saturated heterocycles. The van der Waals surface area contributed by atoms with Gasteiger partial charge in [0.25, 0.3) is 0 Å². The minimum Gasteiger partial charge on any atom is -0.426 e. The number of halogens is 1. The Morgan fingerprint density at radius 1 is 1.16 bits per heavy atom. The summed E-state index contributed by atoms with van der Waals surface area (Å²) in [5, 5.41) is 0.705. The van der Waals surface area contributed by atoms with E-state index in [-0.39, 0.29) is 5.97 Å². The predicted molar refractivity (Wildman–Crippen MR) is 77.6 cm³/mol. The van der Waals surface area contributed by atoms with Crippen LogP contribution in [-0.2, 0) is 4.79 Å². The average Bonchev–Trinajstić information content (AvgIpc) is 2.41. The summed E-state index contributed by atoms with van der Waals surface area (Å²) in [5.74, 6) is 0.385. The molecule has 0 bridgehead atoms. The normalized spacial score (nSPS) is 10.3. The van der Waals surface area contributed by atoms with Crippen LogP contribution < -0.4 is 4.74 Å². The van der Waals surface area contributed by atoms with Gasteiger partial charge in [0.15, 0.2) is 0 Å². The van der Waals surface area contributed by atoms with Crippen LogP contribution in [-0.4, -0.2) is 5.97 Å². The van der Waals surface area contributed by atoms with Crippen molar-refractivity contribution in [3.05, 3.63) is 53.1 Å². The molecule has 0 aliphatic heterocycles. The predicted octanol–water partition coefficient (Wildman–Crippen LogP) is 4.63. The van der Waals surface area contributed by atoms with Gasteiger partial charge in [-0.1, -0.05) is 36.7 Å². The summed E-state index contributed by atoms with van der Waals surface area (Å²) < 4.78 is 5.24. The zero-order valence-corrected chi connectivity index (χ0v) is 11.7. The lowest BCUT2D eigenvalue weighted by atomic mass is 10.0. The number of esters is 1. The second-order valence-electron chi connectivity index (χ2n) is 4.32. The first-order valence-corrected chi connectivity index (χ1v) is 6.55.